The summed E-state index contributed by atoms with van der Waals surface area (Å²) in [6.07, 6.45) is 0. The monoisotopic (exact) mass is 263 g/mol. The predicted molar refractivity (Wildman–Crippen MR) is 73.3 cm³/mol. The second-order valence-electron chi connectivity index (χ2n) is 5.33. The van der Waals surface area contributed by atoms with Crippen LogP contribution in [0.1, 0.15) is 25.5 Å². The fraction of sp³-hybridized carbons (Fsp3) is 0.533. The summed E-state index contributed by atoms with van der Waals surface area (Å²) in [6, 6.07) is 8.18. The van der Waals surface area contributed by atoms with E-state index in [2.05, 4.69) is 17.9 Å². The van der Waals surface area contributed by atoms with Crippen molar-refractivity contribution in [2.45, 2.75) is 19.9 Å². The lowest BCUT2D eigenvalue weighted by atomic mass is 9.99. The fourth-order valence-electron chi connectivity index (χ4n) is 2.75. The number of carbonyl (C=O) groups is 1. The first-order valence-corrected chi connectivity index (χ1v) is 6.63. The van der Waals surface area contributed by atoms with Crippen molar-refractivity contribution in [1.82, 2.24) is 4.90 Å². The van der Waals surface area contributed by atoms with Gasteiger partial charge < -0.3 is 9.84 Å². The topological polar surface area (TPSA) is 49.8 Å². The number of aliphatic carboxylic acids is 1. The quantitative estimate of drug-likeness (QED) is 0.906. The van der Waals surface area contributed by atoms with E-state index in [1.165, 1.54) is 0 Å². The van der Waals surface area contributed by atoms with E-state index in [1.54, 1.807) is 7.11 Å². The zero-order valence-corrected chi connectivity index (χ0v) is 11.7. The Hall–Kier alpha value is -1.55. The minimum Gasteiger partial charge on any atom is -0.497 e. The van der Waals surface area contributed by atoms with Crippen LogP contribution < -0.4 is 4.74 Å². The number of nitrogens with zero attached hydrogens (tertiary/aromatic N) is 1. The Kier molecular flexibility index (Phi) is 4.10. The van der Waals surface area contributed by atoms with Crippen LogP contribution in [0.4, 0.5) is 0 Å². The first kappa shape index (κ1) is 13.9. The van der Waals surface area contributed by atoms with Gasteiger partial charge >= 0.3 is 5.97 Å². The number of carboxylic acid groups (broad SMARTS) is 1. The average molecular weight is 263 g/mol. The Morgan fingerprint density at radius 2 is 2.21 bits per heavy atom. The molecule has 0 radical (unpaired) electrons. The van der Waals surface area contributed by atoms with E-state index in [4.69, 9.17) is 4.74 Å². The van der Waals surface area contributed by atoms with Crippen molar-refractivity contribution in [1.29, 1.82) is 0 Å². The number of likely N-dealkylation sites (tertiary alicyclic amines) is 1. The molecule has 1 N–H and O–H groups in total. The highest BCUT2D eigenvalue weighted by Crippen LogP contribution is 2.32. The number of ether oxygens (including phenoxy) is 1. The summed E-state index contributed by atoms with van der Waals surface area (Å²) >= 11 is 0. The van der Waals surface area contributed by atoms with Crippen molar-refractivity contribution >= 4 is 5.97 Å². The molecule has 3 atom stereocenters. The molecular formula is C15H21NO3. The van der Waals surface area contributed by atoms with Gasteiger partial charge in [-0.05, 0) is 30.5 Å². The van der Waals surface area contributed by atoms with Gasteiger partial charge in [0.15, 0.2) is 0 Å². The largest absolute Gasteiger partial charge is 0.497 e. The third-order valence-corrected chi connectivity index (χ3v) is 4.08. The Labute approximate surface area is 114 Å². The van der Waals surface area contributed by atoms with Gasteiger partial charge in [0.2, 0.25) is 0 Å². The molecule has 0 bridgehead atoms. The number of methoxy groups -OCH3 is 1. The number of hydrogen-bond acceptors (Lipinski definition) is 3. The molecule has 0 saturated carbocycles. The number of rotatable bonds is 4. The molecule has 4 nitrogen and oxygen atoms in total. The SMILES string of the molecule is COc1cccc(C(C)N2CC(C)C(C(=O)O)C2)c1. The number of benzene rings is 1. The maximum Gasteiger partial charge on any atom is 0.308 e. The molecule has 3 unspecified atom stereocenters. The third kappa shape index (κ3) is 2.89. The highest BCUT2D eigenvalue weighted by atomic mass is 16.5. The molecule has 104 valence electrons. The number of carboxylic acids is 1. The Morgan fingerprint density at radius 3 is 2.79 bits per heavy atom. The van der Waals surface area contributed by atoms with Gasteiger partial charge in [-0.25, -0.2) is 0 Å². The van der Waals surface area contributed by atoms with Crippen molar-refractivity contribution < 1.29 is 14.6 Å². The van der Waals surface area contributed by atoms with Gasteiger partial charge in [-0.1, -0.05) is 19.1 Å². The summed E-state index contributed by atoms with van der Waals surface area (Å²) in [7, 11) is 1.65. The molecule has 1 aliphatic heterocycles. The summed E-state index contributed by atoms with van der Waals surface area (Å²) in [5, 5.41) is 9.19. The van der Waals surface area contributed by atoms with Gasteiger partial charge in [0.25, 0.3) is 0 Å². The molecule has 19 heavy (non-hydrogen) atoms. The second kappa shape index (κ2) is 5.61. The van der Waals surface area contributed by atoms with E-state index in [0.717, 1.165) is 17.9 Å². The minimum atomic E-state index is -0.687. The molecule has 1 aliphatic rings. The third-order valence-electron chi connectivity index (χ3n) is 4.08. The van der Waals surface area contributed by atoms with Crippen LogP contribution in [-0.2, 0) is 4.79 Å². The average Bonchev–Trinajstić information content (AvgIpc) is 2.80. The van der Waals surface area contributed by atoms with Gasteiger partial charge in [-0.3, -0.25) is 9.69 Å². The Morgan fingerprint density at radius 1 is 1.47 bits per heavy atom. The molecular weight excluding hydrogens is 242 g/mol. The molecule has 0 aliphatic carbocycles. The van der Waals surface area contributed by atoms with Crippen molar-refractivity contribution in [3.63, 3.8) is 0 Å². The second-order valence-corrected chi connectivity index (χ2v) is 5.33. The van der Waals surface area contributed by atoms with Crippen LogP contribution >= 0.6 is 0 Å². The highest BCUT2D eigenvalue weighted by Gasteiger charge is 2.36. The van der Waals surface area contributed by atoms with E-state index in [1.807, 2.05) is 25.1 Å². The lowest BCUT2D eigenvalue weighted by molar-refractivity contribution is -0.142. The minimum absolute atomic E-state index is 0.200. The van der Waals surface area contributed by atoms with E-state index < -0.39 is 5.97 Å². The lowest BCUT2D eigenvalue weighted by Gasteiger charge is -2.24. The first-order valence-electron chi connectivity index (χ1n) is 6.63. The van der Waals surface area contributed by atoms with Crippen LogP contribution in [0.2, 0.25) is 0 Å². The zero-order chi connectivity index (χ0) is 14.0. The summed E-state index contributed by atoms with van der Waals surface area (Å²) in [5.74, 6) is 0.0952. The van der Waals surface area contributed by atoms with Crippen LogP contribution in [-0.4, -0.2) is 36.2 Å². The van der Waals surface area contributed by atoms with E-state index in [-0.39, 0.29) is 17.9 Å². The van der Waals surface area contributed by atoms with Gasteiger partial charge in [-0.15, -0.1) is 0 Å². The van der Waals surface area contributed by atoms with Crippen LogP contribution in [0.15, 0.2) is 24.3 Å². The molecule has 2 rings (SSSR count). The molecule has 1 saturated heterocycles. The first-order chi connectivity index (χ1) is 9.02. The highest BCUT2D eigenvalue weighted by molar-refractivity contribution is 5.71. The van der Waals surface area contributed by atoms with Crippen molar-refractivity contribution in [3.05, 3.63) is 29.8 Å². The lowest BCUT2D eigenvalue weighted by Crippen LogP contribution is -2.26. The van der Waals surface area contributed by atoms with Gasteiger partial charge in [0, 0.05) is 19.1 Å². The number of hydrogen-bond donors (Lipinski definition) is 1. The molecule has 4 heteroatoms. The van der Waals surface area contributed by atoms with Crippen molar-refractivity contribution in [3.8, 4) is 5.75 Å². The summed E-state index contributed by atoms with van der Waals surface area (Å²) in [5.41, 5.74) is 1.16. The van der Waals surface area contributed by atoms with Gasteiger partial charge in [0.05, 0.1) is 13.0 Å². The molecule has 1 aromatic carbocycles. The van der Waals surface area contributed by atoms with Crippen LogP contribution in [0, 0.1) is 11.8 Å². The van der Waals surface area contributed by atoms with Crippen molar-refractivity contribution in [2.24, 2.45) is 11.8 Å². The smallest absolute Gasteiger partial charge is 0.308 e. The Bertz CT molecular complexity index is 460. The van der Waals surface area contributed by atoms with Gasteiger partial charge in [-0.2, -0.15) is 0 Å². The Balaban J connectivity index is 2.12. The normalized spacial score (nSPS) is 25.2. The molecule has 1 fully saturated rings. The van der Waals surface area contributed by atoms with E-state index in [0.29, 0.717) is 6.54 Å². The van der Waals surface area contributed by atoms with Crippen LogP contribution in [0.5, 0.6) is 5.75 Å². The molecule has 0 spiro atoms. The summed E-state index contributed by atoms with van der Waals surface area (Å²) in [6.45, 7) is 5.58. The molecule has 1 aromatic rings. The standard InChI is InChI=1S/C15H21NO3/c1-10-8-16(9-14(10)15(17)18)11(2)12-5-4-6-13(7-12)19-3/h4-7,10-11,14H,8-9H2,1-3H3,(H,17,18). The summed E-state index contributed by atoms with van der Waals surface area (Å²) in [4.78, 5) is 13.4. The maximum absolute atomic E-state index is 11.2. The molecule has 1 heterocycles. The fourth-order valence-corrected chi connectivity index (χ4v) is 2.75. The van der Waals surface area contributed by atoms with E-state index in [9.17, 15) is 9.90 Å². The van der Waals surface area contributed by atoms with E-state index >= 15 is 0 Å². The maximum atomic E-state index is 11.2. The zero-order valence-electron chi connectivity index (χ0n) is 11.7. The van der Waals surface area contributed by atoms with Crippen LogP contribution in [0.25, 0.3) is 0 Å². The van der Waals surface area contributed by atoms with Gasteiger partial charge in [0.1, 0.15) is 5.75 Å². The van der Waals surface area contributed by atoms with Crippen molar-refractivity contribution in [2.75, 3.05) is 20.2 Å². The molecule has 0 aromatic heterocycles. The van der Waals surface area contributed by atoms with Crippen LogP contribution in [0.3, 0.4) is 0 Å². The summed E-state index contributed by atoms with van der Waals surface area (Å²) < 4.78 is 5.24. The molecule has 0 amide bonds. The predicted octanol–water partition coefficient (Wildman–Crippen LogP) is 2.41.